The second-order valence-corrected chi connectivity index (χ2v) is 7.48. The molecule has 0 unspecified atom stereocenters. The molecule has 16 nitrogen and oxygen atoms in total. The maximum atomic E-state index is 8.81. The van der Waals surface area contributed by atoms with E-state index in [1.165, 1.54) is 13.8 Å². The minimum atomic E-state index is -0.500. The number of nitrogens with zero attached hydrogens (tertiary/aromatic N) is 4. The van der Waals surface area contributed by atoms with Crippen LogP contribution >= 0.6 is 0 Å². The summed E-state index contributed by atoms with van der Waals surface area (Å²) >= 11 is 0. The summed E-state index contributed by atoms with van der Waals surface area (Å²) in [6, 6.07) is 48.0. The molecule has 0 saturated carbocycles. The zero-order valence-corrected chi connectivity index (χ0v) is 39.2. The SMILES string of the molecule is C.C.C.CC.CC.CC.CC.CC=O.CC=O.CCO.CCO.C[N+](=O)[O-].C[N+](=O)[O-].C[N+](=O)[O-].C[N+](=O)[O-].c1ccccc1.c1ccccc1.c1ccccc1.c1ccccc1. The Bertz CT molecular complexity index is 881. The van der Waals surface area contributed by atoms with Crippen LogP contribution in [-0.2, 0) is 9.59 Å². The monoisotopic (exact) mass is 905 g/mol. The average Bonchev–Trinajstić information content (AvgIpc) is 3.25. The first-order valence-electron chi connectivity index (χ1n) is 18.9. The third-order valence-corrected chi connectivity index (χ3v) is 2.67. The van der Waals surface area contributed by atoms with E-state index < -0.39 is 19.7 Å². The van der Waals surface area contributed by atoms with Gasteiger partial charge in [0.2, 0.25) is 0 Å². The molecule has 16 heteroatoms. The van der Waals surface area contributed by atoms with Crippen LogP contribution in [0.5, 0.6) is 0 Å². The Morgan fingerprint density at radius 2 is 0.349 bits per heavy atom. The molecule has 0 saturated heterocycles. The summed E-state index contributed by atoms with van der Waals surface area (Å²) in [6.45, 7) is 22.8. The van der Waals surface area contributed by atoms with Crippen molar-refractivity contribution in [3.05, 3.63) is 186 Å². The molecule has 0 aliphatic carbocycles. The van der Waals surface area contributed by atoms with Crippen molar-refractivity contribution in [2.75, 3.05) is 41.4 Å². The molecule has 0 radical (unpaired) electrons. The van der Waals surface area contributed by atoms with Crippen molar-refractivity contribution in [1.29, 1.82) is 0 Å². The molecule has 0 aromatic heterocycles. The van der Waals surface area contributed by atoms with Crippen LogP contribution in [0.2, 0.25) is 0 Å². The summed E-state index contributed by atoms with van der Waals surface area (Å²) in [4.78, 5) is 50.8. The van der Waals surface area contributed by atoms with E-state index in [2.05, 4.69) is 0 Å². The zero-order valence-electron chi connectivity index (χ0n) is 39.2. The molecule has 0 bridgehead atoms. The molecule has 372 valence electrons. The van der Waals surface area contributed by atoms with Gasteiger partial charge in [0, 0.05) is 32.9 Å². The summed E-state index contributed by atoms with van der Waals surface area (Å²) in [5.74, 6) is 0. The Labute approximate surface area is 384 Å². The van der Waals surface area contributed by atoms with Crippen molar-refractivity contribution in [3.8, 4) is 0 Å². The van der Waals surface area contributed by atoms with Gasteiger partial charge in [-0.1, -0.05) is 223 Å². The highest BCUT2D eigenvalue weighted by molar-refractivity contribution is 5.44. The average molecular weight is 905 g/mol. The van der Waals surface area contributed by atoms with E-state index in [4.69, 9.17) is 60.3 Å². The van der Waals surface area contributed by atoms with Crippen molar-refractivity contribution in [2.24, 2.45) is 0 Å². The fourth-order valence-electron chi connectivity index (χ4n) is 1.54. The normalized spacial score (nSPS) is 6.00. The minimum Gasteiger partial charge on any atom is -0.397 e. The van der Waals surface area contributed by atoms with Gasteiger partial charge in [-0.05, 0) is 27.7 Å². The minimum absolute atomic E-state index is 0. The zero-order chi connectivity index (χ0) is 50.1. The lowest BCUT2D eigenvalue weighted by atomic mass is 10.4. The number of carbonyl (C=O) groups excluding carboxylic acids is 2. The molecule has 0 spiro atoms. The van der Waals surface area contributed by atoms with Crippen molar-refractivity contribution in [1.82, 2.24) is 0 Å². The Balaban J connectivity index is -0.0000000304. The highest BCUT2D eigenvalue weighted by Gasteiger charge is 1.61. The van der Waals surface area contributed by atoms with Gasteiger partial charge in [-0.15, -0.1) is 0 Å². The van der Waals surface area contributed by atoms with E-state index in [-0.39, 0.29) is 35.5 Å². The summed E-state index contributed by atoms with van der Waals surface area (Å²) < 4.78 is 0. The predicted octanol–water partition coefficient (Wildman–Crippen LogP) is 12.7. The van der Waals surface area contributed by atoms with E-state index >= 15 is 0 Å². The first kappa shape index (κ1) is 101. The lowest BCUT2D eigenvalue weighted by molar-refractivity contribution is -0.445. The third-order valence-electron chi connectivity index (χ3n) is 2.67. The smallest absolute Gasteiger partial charge is 0.194 e. The maximum Gasteiger partial charge on any atom is 0.194 e. The predicted molar refractivity (Wildman–Crippen MR) is 272 cm³/mol. The number of benzene rings is 4. The number of aldehydes is 2. The van der Waals surface area contributed by atoms with E-state index in [1.807, 2.05) is 201 Å². The maximum absolute atomic E-state index is 8.81. The fourth-order valence-corrected chi connectivity index (χ4v) is 1.54. The number of nitro groups is 4. The molecular formula is C47H92N4O12. The largest absolute Gasteiger partial charge is 0.397 e. The quantitative estimate of drug-likeness (QED) is 0.0950. The second kappa shape index (κ2) is 147. The molecule has 0 atom stereocenters. The van der Waals surface area contributed by atoms with Gasteiger partial charge in [-0.25, -0.2) is 0 Å². The highest BCUT2D eigenvalue weighted by Crippen LogP contribution is 1.81. The molecule has 4 aromatic carbocycles. The molecule has 0 aliphatic rings. The third kappa shape index (κ3) is 512. The molecule has 0 aliphatic heterocycles. The van der Waals surface area contributed by atoms with Crippen molar-refractivity contribution in [2.45, 2.75) is 105 Å². The van der Waals surface area contributed by atoms with Gasteiger partial charge in [0.25, 0.3) is 0 Å². The van der Waals surface area contributed by atoms with Crippen LogP contribution in [-0.4, -0.2) is 83.9 Å². The lowest BCUT2D eigenvalue weighted by Crippen LogP contribution is -1.79. The van der Waals surface area contributed by atoms with Crippen LogP contribution in [0.15, 0.2) is 146 Å². The van der Waals surface area contributed by atoms with Gasteiger partial charge in [0.15, 0.2) is 28.2 Å². The van der Waals surface area contributed by atoms with E-state index in [1.54, 1.807) is 13.8 Å². The number of hydrogen-bond acceptors (Lipinski definition) is 12. The number of hydrogen-bond donors (Lipinski definition) is 2. The van der Waals surface area contributed by atoms with E-state index in [0.717, 1.165) is 40.8 Å². The van der Waals surface area contributed by atoms with Crippen molar-refractivity contribution < 1.29 is 39.5 Å². The summed E-state index contributed by atoms with van der Waals surface area (Å²) in [6.07, 6.45) is 1.50. The molecular weight excluding hydrogens is 813 g/mol. The number of aliphatic hydroxyl groups is 2. The molecule has 63 heavy (non-hydrogen) atoms. The van der Waals surface area contributed by atoms with Gasteiger partial charge < -0.3 is 19.8 Å². The molecule has 0 fully saturated rings. The molecule has 0 amide bonds. The standard InChI is InChI=1S/4C6H6.2C2H6O.2C2H4O.4C2H6.4CH3NO2.3CH4/c4*1-2-4-6-5-3-1;4*1-2-3;4*1-2;4*1-2(3)4;;;/h4*1-6H;2*3H,2H2,1H3;2*2H,1H3;4*1-2H3;4*1H3;3*1H4. The Morgan fingerprint density at radius 1 is 0.333 bits per heavy atom. The summed E-state index contributed by atoms with van der Waals surface area (Å²) in [5, 5.41) is 50.4. The van der Waals surface area contributed by atoms with E-state index in [0.29, 0.717) is 0 Å². The molecule has 4 aromatic rings. The molecule has 4 rings (SSSR count). The van der Waals surface area contributed by atoms with Gasteiger partial charge in [-0.2, -0.15) is 0 Å². The number of carbonyl (C=O) groups is 2. The van der Waals surface area contributed by atoms with Crippen LogP contribution in [0.1, 0.15) is 105 Å². The number of aliphatic hydroxyl groups excluding tert-OH is 2. The van der Waals surface area contributed by atoms with Crippen LogP contribution in [0.4, 0.5) is 0 Å². The Kier molecular flexibility index (Phi) is 236. The van der Waals surface area contributed by atoms with Gasteiger partial charge in [0.05, 0.1) is 0 Å². The van der Waals surface area contributed by atoms with Gasteiger partial charge in [-0.3, -0.25) is 40.5 Å². The van der Waals surface area contributed by atoms with Gasteiger partial charge in [0.1, 0.15) is 12.6 Å². The van der Waals surface area contributed by atoms with Crippen molar-refractivity contribution in [3.63, 3.8) is 0 Å². The highest BCUT2D eigenvalue weighted by atomic mass is 16.6. The summed E-state index contributed by atoms with van der Waals surface area (Å²) in [5.41, 5.74) is 0. The molecule has 2 N–H and O–H groups in total. The second-order valence-electron chi connectivity index (χ2n) is 7.48. The summed E-state index contributed by atoms with van der Waals surface area (Å²) in [7, 11) is 3.56. The van der Waals surface area contributed by atoms with E-state index in [9.17, 15) is 0 Å². The molecule has 0 heterocycles. The lowest BCUT2D eigenvalue weighted by Gasteiger charge is -1.69. The topological polar surface area (TPSA) is 247 Å². The van der Waals surface area contributed by atoms with Gasteiger partial charge >= 0.3 is 0 Å². The van der Waals surface area contributed by atoms with Crippen LogP contribution in [0.25, 0.3) is 0 Å². The Morgan fingerprint density at radius 3 is 0.365 bits per heavy atom. The first-order valence-corrected chi connectivity index (χ1v) is 18.9. The number of rotatable bonds is 0. The van der Waals surface area contributed by atoms with Crippen LogP contribution in [0, 0.1) is 40.5 Å². The van der Waals surface area contributed by atoms with Crippen LogP contribution < -0.4 is 0 Å². The first-order chi connectivity index (χ1) is 28.6. The van der Waals surface area contributed by atoms with Crippen molar-refractivity contribution >= 4 is 12.6 Å². The Hall–Kier alpha value is -6.26. The van der Waals surface area contributed by atoms with Crippen LogP contribution in [0.3, 0.4) is 0 Å². The fraction of sp³-hybridized carbons (Fsp3) is 0.447.